The van der Waals surface area contributed by atoms with Crippen molar-refractivity contribution in [3.05, 3.63) is 11.8 Å². The third-order valence-electron chi connectivity index (χ3n) is 6.82. The van der Waals surface area contributed by atoms with Gasteiger partial charge in [0.15, 0.2) is 5.82 Å². The lowest BCUT2D eigenvalue weighted by Crippen LogP contribution is -2.59. The molecule has 1 aromatic rings. The smallest absolute Gasteiger partial charge is 0.245 e. The highest BCUT2D eigenvalue weighted by atomic mass is 16.2. The summed E-state index contributed by atoms with van der Waals surface area (Å²) in [6.45, 7) is 18.5. The maximum atomic E-state index is 13.6. The summed E-state index contributed by atoms with van der Waals surface area (Å²) in [5.41, 5.74) is 0.694. The number of hydrogen-bond acceptors (Lipinski definition) is 6. The van der Waals surface area contributed by atoms with Gasteiger partial charge in [0, 0.05) is 43.6 Å². The van der Waals surface area contributed by atoms with Crippen molar-refractivity contribution in [1.82, 2.24) is 30.6 Å². The Balaban J connectivity index is 1.75. The Labute approximate surface area is 215 Å². The Morgan fingerprint density at radius 1 is 1.14 bits per heavy atom. The van der Waals surface area contributed by atoms with Crippen LogP contribution in [0.1, 0.15) is 79.8 Å². The first-order chi connectivity index (χ1) is 16.7. The number of carbonyl (C=O) groups excluding carboxylic acids is 2. The third kappa shape index (κ3) is 6.52. The molecular weight excluding hydrogens is 456 g/mol. The zero-order valence-corrected chi connectivity index (χ0v) is 23.2. The second-order valence-corrected chi connectivity index (χ2v) is 12.1. The van der Waals surface area contributed by atoms with E-state index in [0.29, 0.717) is 30.8 Å². The van der Waals surface area contributed by atoms with Gasteiger partial charge in [-0.15, -0.1) is 0 Å². The first kappa shape index (κ1) is 27.8. The molecule has 1 saturated carbocycles. The molecule has 2 fully saturated rings. The lowest BCUT2D eigenvalue weighted by atomic mass is 9.84. The van der Waals surface area contributed by atoms with Crippen LogP contribution in [0, 0.1) is 0 Å². The summed E-state index contributed by atoms with van der Waals surface area (Å²) < 4.78 is 1.62. The largest absolute Gasteiger partial charge is 0.351 e. The molecular formula is C26H44N8O2. The molecule has 4 atom stereocenters. The van der Waals surface area contributed by atoms with Crippen LogP contribution in [0.2, 0.25) is 0 Å². The summed E-state index contributed by atoms with van der Waals surface area (Å²) in [6.07, 6.45) is 3.24. The molecule has 2 amide bonds. The van der Waals surface area contributed by atoms with Crippen molar-refractivity contribution in [3.8, 4) is 0 Å². The normalized spacial score (nSPS) is 25.7. The zero-order chi connectivity index (χ0) is 26.8. The highest BCUT2D eigenvalue weighted by Crippen LogP contribution is 2.29. The van der Waals surface area contributed by atoms with Crippen molar-refractivity contribution in [2.45, 2.75) is 109 Å². The van der Waals surface area contributed by atoms with Crippen LogP contribution in [0.4, 0.5) is 5.82 Å². The Hall–Kier alpha value is -2.75. The minimum Gasteiger partial charge on any atom is -0.351 e. The van der Waals surface area contributed by atoms with Crippen LogP contribution < -0.4 is 16.0 Å². The van der Waals surface area contributed by atoms with Crippen molar-refractivity contribution in [1.29, 1.82) is 0 Å². The monoisotopic (exact) mass is 500 g/mol. The van der Waals surface area contributed by atoms with Gasteiger partial charge in [-0.05, 0) is 53.2 Å². The van der Waals surface area contributed by atoms with E-state index in [1.807, 2.05) is 11.0 Å². The molecule has 36 heavy (non-hydrogen) atoms. The minimum absolute atomic E-state index is 0.00878. The van der Waals surface area contributed by atoms with Gasteiger partial charge in [0.05, 0.1) is 17.8 Å². The number of rotatable bonds is 5. The molecule has 0 unspecified atom stereocenters. The quantitative estimate of drug-likeness (QED) is 0.424. The van der Waals surface area contributed by atoms with Gasteiger partial charge >= 0.3 is 0 Å². The van der Waals surface area contributed by atoms with Crippen molar-refractivity contribution in [2.75, 3.05) is 13.6 Å². The van der Waals surface area contributed by atoms with E-state index in [-0.39, 0.29) is 34.9 Å². The molecule has 200 valence electrons. The SMILES string of the molecule is C=Nc1cc(C(C)(C)C)nn1C(=NC)N[C@H]1CCN([C@H]2CC[C@@H](NC(C)(C)C)C[C@H]2NC(C)=O)C1=O. The summed E-state index contributed by atoms with van der Waals surface area (Å²) in [5, 5.41) is 14.8. The zero-order valence-electron chi connectivity index (χ0n) is 23.2. The number of nitrogens with one attached hydrogen (secondary N) is 3. The molecule has 1 aliphatic carbocycles. The number of nitrogens with zero attached hydrogens (tertiary/aromatic N) is 5. The number of hydrogen-bond donors (Lipinski definition) is 3. The second-order valence-electron chi connectivity index (χ2n) is 12.1. The third-order valence-corrected chi connectivity index (χ3v) is 6.82. The van der Waals surface area contributed by atoms with Crippen LogP contribution in [0.3, 0.4) is 0 Å². The number of aliphatic imine (C=N–C) groups is 2. The van der Waals surface area contributed by atoms with E-state index in [0.717, 1.165) is 25.0 Å². The summed E-state index contributed by atoms with van der Waals surface area (Å²) in [4.78, 5) is 36.0. The summed E-state index contributed by atoms with van der Waals surface area (Å²) in [7, 11) is 1.67. The van der Waals surface area contributed by atoms with Crippen molar-refractivity contribution >= 4 is 30.3 Å². The van der Waals surface area contributed by atoms with Crippen molar-refractivity contribution < 1.29 is 9.59 Å². The molecule has 10 nitrogen and oxygen atoms in total. The van der Waals surface area contributed by atoms with Gasteiger partial charge in [-0.25, -0.2) is 4.99 Å². The first-order valence-corrected chi connectivity index (χ1v) is 12.9. The van der Waals surface area contributed by atoms with Crippen molar-refractivity contribution in [2.24, 2.45) is 9.98 Å². The fourth-order valence-electron chi connectivity index (χ4n) is 5.23. The van der Waals surface area contributed by atoms with Gasteiger partial charge in [0.2, 0.25) is 17.8 Å². The van der Waals surface area contributed by atoms with Gasteiger partial charge in [-0.3, -0.25) is 14.6 Å². The van der Waals surface area contributed by atoms with E-state index in [1.165, 1.54) is 0 Å². The van der Waals surface area contributed by atoms with E-state index < -0.39 is 6.04 Å². The van der Waals surface area contributed by atoms with Crippen LogP contribution >= 0.6 is 0 Å². The highest BCUT2D eigenvalue weighted by Gasteiger charge is 2.43. The fraction of sp³-hybridized carbons (Fsp3) is 0.731. The summed E-state index contributed by atoms with van der Waals surface area (Å²) >= 11 is 0. The molecule has 1 aliphatic heterocycles. The van der Waals surface area contributed by atoms with E-state index in [9.17, 15) is 9.59 Å². The van der Waals surface area contributed by atoms with E-state index in [1.54, 1.807) is 18.7 Å². The molecule has 1 saturated heterocycles. The van der Waals surface area contributed by atoms with Gasteiger partial charge in [-0.1, -0.05) is 20.8 Å². The molecule has 3 N–H and O–H groups in total. The lowest BCUT2D eigenvalue weighted by molar-refractivity contribution is -0.133. The van der Waals surface area contributed by atoms with Gasteiger partial charge < -0.3 is 20.9 Å². The van der Waals surface area contributed by atoms with Gasteiger partial charge in [0.25, 0.3) is 0 Å². The molecule has 0 radical (unpaired) electrons. The van der Waals surface area contributed by atoms with Crippen LogP contribution in [0.15, 0.2) is 16.1 Å². The molecule has 0 aromatic carbocycles. The first-order valence-electron chi connectivity index (χ1n) is 12.9. The average molecular weight is 501 g/mol. The molecule has 0 bridgehead atoms. The molecule has 1 aromatic heterocycles. The molecule has 10 heteroatoms. The van der Waals surface area contributed by atoms with Gasteiger partial charge in [-0.2, -0.15) is 9.78 Å². The second kappa shape index (κ2) is 10.7. The number of carbonyl (C=O) groups is 2. The molecule has 3 rings (SSSR count). The standard InChI is InChI=1S/C26H44N8O2/c1-16(35)29-19-14-17(31-26(5,6)7)10-11-20(19)33-13-12-18(23(33)36)30-24(28-9)34-22(27-8)15-21(32-34)25(2,3)4/h15,17-20,31H,8,10-14H2,1-7,9H3,(H,28,30)(H,29,35)/t17-,18+,19-,20+/m1/s1. The van der Waals surface area contributed by atoms with Crippen molar-refractivity contribution in [3.63, 3.8) is 0 Å². The van der Waals surface area contributed by atoms with Gasteiger partial charge in [0.1, 0.15) is 6.04 Å². The molecule has 2 aliphatic rings. The minimum atomic E-state index is -0.424. The highest BCUT2D eigenvalue weighted by molar-refractivity contribution is 5.92. The maximum Gasteiger partial charge on any atom is 0.245 e. The Morgan fingerprint density at radius 3 is 2.39 bits per heavy atom. The Bertz CT molecular complexity index is 1000. The van der Waals surface area contributed by atoms with E-state index >= 15 is 0 Å². The number of likely N-dealkylation sites (tertiary alicyclic amines) is 1. The predicted octanol–water partition coefficient (Wildman–Crippen LogP) is 2.35. The predicted molar refractivity (Wildman–Crippen MR) is 144 cm³/mol. The van der Waals surface area contributed by atoms with Crippen LogP contribution in [0.5, 0.6) is 0 Å². The van der Waals surface area contributed by atoms with E-state index in [2.05, 4.69) is 74.2 Å². The lowest BCUT2D eigenvalue weighted by Gasteiger charge is -2.43. The average Bonchev–Trinajstić information content (AvgIpc) is 3.34. The molecule has 0 spiro atoms. The molecule has 2 heterocycles. The summed E-state index contributed by atoms with van der Waals surface area (Å²) in [6, 6.07) is 1.65. The van der Waals surface area contributed by atoms with Crippen LogP contribution in [-0.2, 0) is 15.0 Å². The number of aromatic nitrogens is 2. The topological polar surface area (TPSA) is 116 Å². The van der Waals surface area contributed by atoms with Crippen LogP contribution in [-0.4, -0.2) is 82.5 Å². The fourth-order valence-corrected chi connectivity index (χ4v) is 5.23. The van der Waals surface area contributed by atoms with E-state index in [4.69, 9.17) is 5.10 Å². The van der Waals surface area contributed by atoms with Crippen LogP contribution in [0.25, 0.3) is 0 Å². The Morgan fingerprint density at radius 2 is 1.83 bits per heavy atom. The maximum absolute atomic E-state index is 13.6. The number of amides is 2. The summed E-state index contributed by atoms with van der Waals surface area (Å²) in [5.74, 6) is 0.992. The Kier molecular flexibility index (Phi) is 8.27.